The smallest absolute Gasteiger partial charge is 0.146 e. The van der Waals surface area contributed by atoms with Gasteiger partial charge in [0.25, 0.3) is 0 Å². The molecule has 2 rings (SSSR count). The van der Waals surface area contributed by atoms with Gasteiger partial charge in [-0.2, -0.15) is 0 Å². The third kappa shape index (κ3) is 1.71. The highest BCUT2D eigenvalue weighted by Gasteiger charge is 2.36. The number of β-amino-alcohol motifs (C(OH)–C–C–N with tert-alkyl or cyclic N) is 1. The molecule has 0 unspecified atom stereocenters. The number of aromatic nitrogens is 3. The summed E-state index contributed by atoms with van der Waals surface area (Å²) in [6, 6.07) is 0. The first-order chi connectivity index (χ1) is 6.07. The zero-order valence-electron chi connectivity index (χ0n) is 7.93. The molecule has 1 saturated heterocycles. The van der Waals surface area contributed by atoms with Crippen molar-refractivity contribution in [3.8, 4) is 0 Å². The van der Waals surface area contributed by atoms with Crippen LogP contribution in [-0.2, 0) is 13.6 Å². The normalized spacial score (nSPS) is 21.5. The van der Waals surface area contributed by atoms with E-state index in [9.17, 15) is 5.11 Å². The second-order valence-electron chi connectivity index (χ2n) is 4.00. The van der Waals surface area contributed by atoms with Gasteiger partial charge in [0.15, 0.2) is 0 Å². The molecule has 1 aromatic heterocycles. The minimum Gasteiger partial charge on any atom is -0.388 e. The Balaban J connectivity index is 1.91. The largest absolute Gasteiger partial charge is 0.388 e. The summed E-state index contributed by atoms with van der Waals surface area (Å²) in [5.74, 6) is 0.940. The highest BCUT2D eigenvalue weighted by molar-refractivity contribution is 4.95. The second kappa shape index (κ2) is 2.78. The highest BCUT2D eigenvalue weighted by atomic mass is 16.3. The van der Waals surface area contributed by atoms with Crippen LogP contribution >= 0.6 is 0 Å². The van der Waals surface area contributed by atoms with E-state index in [-0.39, 0.29) is 0 Å². The van der Waals surface area contributed by atoms with Crippen LogP contribution < -0.4 is 0 Å². The third-order valence-corrected chi connectivity index (χ3v) is 2.30. The summed E-state index contributed by atoms with van der Waals surface area (Å²) in [7, 11) is 1.92. The topological polar surface area (TPSA) is 54.2 Å². The summed E-state index contributed by atoms with van der Waals surface area (Å²) in [6.07, 6.45) is 1.69. The lowest BCUT2D eigenvalue weighted by molar-refractivity contribution is -0.0883. The Morgan fingerprint density at radius 1 is 1.62 bits per heavy atom. The second-order valence-corrected chi connectivity index (χ2v) is 4.00. The minimum absolute atomic E-state index is 0.501. The predicted octanol–water partition coefficient (Wildman–Crippen LogP) is -0.618. The molecular weight excluding hydrogens is 168 g/mol. The summed E-state index contributed by atoms with van der Waals surface area (Å²) in [6.45, 7) is 4.06. The first kappa shape index (κ1) is 8.65. The lowest BCUT2D eigenvalue weighted by atomic mass is 9.97. The Hall–Kier alpha value is -0.940. The molecule has 1 aromatic rings. The summed E-state index contributed by atoms with van der Waals surface area (Å²) in [5, 5.41) is 17.3. The molecule has 0 aromatic carbocycles. The number of nitrogens with zero attached hydrogens (tertiary/aromatic N) is 4. The Morgan fingerprint density at radius 2 is 2.31 bits per heavy atom. The predicted molar refractivity (Wildman–Crippen MR) is 46.9 cm³/mol. The Bertz CT molecular complexity index is 299. The fourth-order valence-corrected chi connectivity index (χ4v) is 1.68. The maximum atomic E-state index is 9.50. The van der Waals surface area contributed by atoms with Crippen LogP contribution in [0.3, 0.4) is 0 Å². The highest BCUT2D eigenvalue weighted by Crippen LogP contribution is 2.20. The van der Waals surface area contributed by atoms with Crippen LogP contribution in [-0.4, -0.2) is 43.5 Å². The van der Waals surface area contributed by atoms with E-state index in [1.165, 1.54) is 0 Å². The van der Waals surface area contributed by atoms with Crippen LogP contribution in [0.5, 0.6) is 0 Å². The fraction of sp³-hybridized carbons (Fsp3) is 0.750. The lowest BCUT2D eigenvalue weighted by Crippen LogP contribution is -2.59. The molecule has 0 bridgehead atoms. The van der Waals surface area contributed by atoms with Gasteiger partial charge in [-0.05, 0) is 6.92 Å². The van der Waals surface area contributed by atoms with Crippen molar-refractivity contribution in [2.24, 2.45) is 7.05 Å². The van der Waals surface area contributed by atoms with E-state index in [1.54, 1.807) is 6.33 Å². The van der Waals surface area contributed by atoms with Crippen molar-refractivity contribution >= 4 is 0 Å². The quantitative estimate of drug-likeness (QED) is 0.662. The molecule has 0 atom stereocenters. The molecule has 1 fully saturated rings. The summed E-state index contributed by atoms with van der Waals surface area (Å²) >= 11 is 0. The van der Waals surface area contributed by atoms with Crippen molar-refractivity contribution in [3.05, 3.63) is 12.2 Å². The van der Waals surface area contributed by atoms with Crippen molar-refractivity contribution in [1.82, 2.24) is 19.7 Å². The molecule has 2 heterocycles. The third-order valence-electron chi connectivity index (χ3n) is 2.30. The molecule has 72 valence electrons. The van der Waals surface area contributed by atoms with E-state index in [2.05, 4.69) is 15.1 Å². The van der Waals surface area contributed by atoms with Crippen molar-refractivity contribution in [1.29, 1.82) is 0 Å². The lowest BCUT2D eigenvalue weighted by Gasteiger charge is -2.43. The van der Waals surface area contributed by atoms with Gasteiger partial charge in [0.05, 0.1) is 12.1 Å². The minimum atomic E-state index is -0.501. The van der Waals surface area contributed by atoms with Gasteiger partial charge in [0.1, 0.15) is 12.2 Å². The molecule has 1 aliphatic rings. The van der Waals surface area contributed by atoms with E-state index in [0.717, 1.165) is 25.5 Å². The van der Waals surface area contributed by atoms with Gasteiger partial charge in [0, 0.05) is 20.1 Å². The molecular formula is C8H14N4O. The van der Waals surface area contributed by atoms with Crippen LogP contribution in [0.25, 0.3) is 0 Å². The van der Waals surface area contributed by atoms with Gasteiger partial charge in [-0.1, -0.05) is 0 Å². The molecule has 0 amide bonds. The first-order valence-electron chi connectivity index (χ1n) is 4.34. The van der Waals surface area contributed by atoms with E-state index >= 15 is 0 Å². The van der Waals surface area contributed by atoms with Crippen LogP contribution in [0.1, 0.15) is 12.7 Å². The van der Waals surface area contributed by atoms with Gasteiger partial charge < -0.3 is 9.67 Å². The molecule has 0 spiro atoms. The molecule has 5 heteroatoms. The molecule has 1 aliphatic heterocycles. The maximum absolute atomic E-state index is 9.50. The molecule has 0 radical (unpaired) electrons. The van der Waals surface area contributed by atoms with Crippen LogP contribution in [0.2, 0.25) is 0 Å². The van der Waals surface area contributed by atoms with Gasteiger partial charge in [-0.15, -0.1) is 10.2 Å². The summed E-state index contributed by atoms with van der Waals surface area (Å²) in [5.41, 5.74) is -0.501. The number of rotatable bonds is 2. The SMILES string of the molecule is Cn1cnnc1CN1CC(C)(O)C1. The Kier molecular flexibility index (Phi) is 1.85. The molecule has 5 nitrogen and oxygen atoms in total. The molecule has 0 aliphatic carbocycles. The maximum Gasteiger partial charge on any atom is 0.146 e. The Labute approximate surface area is 77.0 Å². The van der Waals surface area contributed by atoms with Crippen molar-refractivity contribution in [2.75, 3.05) is 13.1 Å². The Morgan fingerprint density at radius 3 is 2.77 bits per heavy atom. The van der Waals surface area contributed by atoms with Crippen molar-refractivity contribution < 1.29 is 5.11 Å². The average Bonchev–Trinajstić information content (AvgIpc) is 2.33. The fourth-order valence-electron chi connectivity index (χ4n) is 1.68. The van der Waals surface area contributed by atoms with E-state index < -0.39 is 5.60 Å². The number of hydrogen-bond donors (Lipinski definition) is 1. The number of aliphatic hydroxyl groups is 1. The van der Waals surface area contributed by atoms with Gasteiger partial charge in [-0.3, -0.25) is 4.90 Å². The number of aryl methyl sites for hydroxylation is 1. The monoisotopic (exact) mass is 182 g/mol. The van der Waals surface area contributed by atoms with Crippen molar-refractivity contribution in [2.45, 2.75) is 19.1 Å². The van der Waals surface area contributed by atoms with Crippen molar-refractivity contribution in [3.63, 3.8) is 0 Å². The zero-order chi connectivity index (χ0) is 9.47. The molecule has 13 heavy (non-hydrogen) atoms. The summed E-state index contributed by atoms with van der Waals surface area (Å²) < 4.78 is 1.90. The summed E-state index contributed by atoms with van der Waals surface area (Å²) in [4.78, 5) is 2.14. The van der Waals surface area contributed by atoms with Crippen LogP contribution in [0.15, 0.2) is 6.33 Å². The van der Waals surface area contributed by atoms with E-state index in [1.807, 2.05) is 18.5 Å². The standard InChI is InChI=1S/C8H14N4O/c1-8(13)4-12(5-8)3-7-10-9-6-11(7)2/h6,13H,3-5H2,1-2H3. The number of likely N-dealkylation sites (tertiary alicyclic amines) is 1. The van der Waals surface area contributed by atoms with Gasteiger partial charge in [-0.25, -0.2) is 0 Å². The molecule has 0 saturated carbocycles. The average molecular weight is 182 g/mol. The van der Waals surface area contributed by atoms with Gasteiger partial charge >= 0.3 is 0 Å². The van der Waals surface area contributed by atoms with E-state index in [0.29, 0.717) is 0 Å². The van der Waals surface area contributed by atoms with Crippen LogP contribution in [0.4, 0.5) is 0 Å². The molecule has 1 N–H and O–H groups in total. The van der Waals surface area contributed by atoms with E-state index in [4.69, 9.17) is 0 Å². The first-order valence-corrected chi connectivity index (χ1v) is 4.34. The van der Waals surface area contributed by atoms with Gasteiger partial charge in [0.2, 0.25) is 0 Å². The zero-order valence-corrected chi connectivity index (χ0v) is 7.93. The number of hydrogen-bond acceptors (Lipinski definition) is 4. The van der Waals surface area contributed by atoms with Crippen LogP contribution in [0, 0.1) is 0 Å².